The Kier molecular flexibility index (Phi) is 4.88. The monoisotopic (exact) mass is 228 g/mol. The molecule has 6 nitrogen and oxygen atoms in total. The standard InChI is InChI=1S/C10H20N4O2/c1-8-3-2-6-14(7-8)10(16)13-5-4-12-9(11)15/h8H,2-7H2,1H3,(H,13,16)(H3,11,12,15). The van der Waals surface area contributed by atoms with Crippen molar-refractivity contribution in [3.8, 4) is 0 Å². The molecular weight excluding hydrogens is 208 g/mol. The highest BCUT2D eigenvalue weighted by atomic mass is 16.2. The van der Waals surface area contributed by atoms with Crippen molar-refractivity contribution in [1.29, 1.82) is 0 Å². The molecule has 4 N–H and O–H groups in total. The third-order valence-corrected chi connectivity index (χ3v) is 2.64. The largest absolute Gasteiger partial charge is 0.352 e. The fraction of sp³-hybridized carbons (Fsp3) is 0.800. The molecule has 4 amide bonds. The fourth-order valence-electron chi connectivity index (χ4n) is 1.84. The van der Waals surface area contributed by atoms with Gasteiger partial charge in [0.2, 0.25) is 0 Å². The van der Waals surface area contributed by atoms with E-state index >= 15 is 0 Å². The van der Waals surface area contributed by atoms with Crippen molar-refractivity contribution in [1.82, 2.24) is 15.5 Å². The molecule has 1 fully saturated rings. The minimum Gasteiger partial charge on any atom is -0.352 e. The second kappa shape index (κ2) is 6.19. The van der Waals surface area contributed by atoms with E-state index in [0.29, 0.717) is 19.0 Å². The summed E-state index contributed by atoms with van der Waals surface area (Å²) in [4.78, 5) is 23.9. The van der Waals surface area contributed by atoms with Gasteiger partial charge in [-0.15, -0.1) is 0 Å². The van der Waals surface area contributed by atoms with Crippen molar-refractivity contribution >= 4 is 12.1 Å². The first-order valence-corrected chi connectivity index (χ1v) is 5.65. The Morgan fingerprint density at radius 1 is 1.38 bits per heavy atom. The number of primary amides is 1. The third-order valence-electron chi connectivity index (χ3n) is 2.64. The number of hydrogen-bond donors (Lipinski definition) is 3. The van der Waals surface area contributed by atoms with Crippen molar-refractivity contribution in [2.45, 2.75) is 19.8 Å². The van der Waals surface area contributed by atoms with E-state index in [1.54, 1.807) is 0 Å². The van der Waals surface area contributed by atoms with Crippen LogP contribution in [0.4, 0.5) is 9.59 Å². The van der Waals surface area contributed by atoms with E-state index in [4.69, 9.17) is 5.73 Å². The first-order chi connectivity index (χ1) is 7.59. The number of nitrogens with zero attached hydrogens (tertiary/aromatic N) is 1. The highest BCUT2D eigenvalue weighted by molar-refractivity contribution is 5.74. The maximum atomic E-state index is 11.7. The number of piperidine rings is 1. The SMILES string of the molecule is CC1CCCN(C(=O)NCCNC(N)=O)C1. The maximum Gasteiger partial charge on any atom is 0.317 e. The van der Waals surface area contributed by atoms with Gasteiger partial charge in [-0.05, 0) is 18.8 Å². The molecule has 0 saturated carbocycles. The Hall–Kier alpha value is -1.46. The van der Waals surface area contributed by atoms with Crippen LogP contribution >= 0.6 is 0 Å². The summed E-state index contributed by atoms with van der Waals surface area (Å²) in [6.07, 6.45) is 2.25. The number of nitrogens with two attached hydrogens (primary N) is 1. The lowest BCUT2D eigenvalue weighted by atomic mass is 10.0. The number of carbonyl (C=O) groups excluding carboxylic acids is 2. The molecule has 0 radical (unpaired) electrons. The summed E-state index contributed by atoms with van der Waals surface area (Å²) in [5.41, 5.74) is 4.90. The zero-order chi connectivity index (χ0) is 12.0. The Morgan fingerprint density at radius 2 is 2.06 bits per heavy atom. The molecule has 1 atom stereocenters. The first-order valence-electron chi connectivity index (χ1n) is 5.65. The lowest BCUT2D eigenvalue weighted by Gasteiger charge is -2.30. The number of hydrogen-bond acceptors (Lipinski definition) is 2. The van der Waals surface area contributed by atoms with Gasteiger partial charge in [0.1, 0.15) is 0 Å². The first kappa shape index (κ1) is 12.6. The van der Waals surface area contributed by atoms with Crippen molar-refractivity contribution < 1.29 is 9.59 Å². The van der Waals surface area contributed by atoms with Crippen LogP contribution in [0.15, 0.2) is 0 Å². The number of likely N-dealkylation sites (tertiary alicyclic amines) is 1. The average Bonchev–Trinajstić information content (AvgIpc) is 2.24. The van der Waals surface area contributed by atoms with Crippen LogP contribution in [0.3, 0.4) is 0 Å². The summed E-state index contributed by atoms with van der Waals surface area (Å²) in [5, 5.41) is 5.16. The molecule has 0 aromatic heterocycles. The van der Waals surface area contributed by atoms with Crippen LogP contribution in [0, 0.1) is 5.92 Å². The van der Waals surface area contributed by atoms with Gasteiger partial charge >= 0.3 is 12.1 Å². The quantitative estimate of drug-likeness (QED) is 0.598. The predicted octanol–water partition coefficient (Wildman–Crippen LogP) is 0.0962. The molecule has 6 heteroatoms. The third kappa shape index (κ3) is 4.37. The summed E-state index contributed by atoms with van der Waals surface area (Å²) in [6.45, 7) is 4.56. The topological polar surface area (TPSA) is 87.5 Å². The molecule has 0 spiro atoms. The van der Waals surface area contributed by atoms with Crippen LogP contribution < -0.4 is 16.4 Å². The molecule has 92 valence electrons. The number of urea groups is 2. The van der Waals surface area contributed by atoms with E-state index in [0.717, 1.165) is 19.5 Å². The highest BCUT2D eigenvalue weighted by Crippen LogP contribution is 2.14. The van der Waals surface area contributed by atoms with Gasteiger partial charge in [0, 0.05) is 26.2 Å². The molecule has 1 unspecified atom stereocenters. The summed E-state index contributed by atoms with van der Waals surface area (Å²) in [6, 6.07) is -0.626. The van der Waals surface area contributed by atoms with Crippen LogP contribution in [0.25, 0.3) is 0 Å². The number of amides is 4. The summed E-state index contributed by atoms with van der Waals surface area (Å²) in [5.74, 6) is 0.572. The van der Waals surface area contributed by atoms with Crippen LogP contribution in [0.2, 0.25) is 0 Å². The molecule has 0 aliphatic carbocycles. The van der Waals surface area contributed by atoms with Gasteiger partial charge in [-0.1, -0.05) is 6.92 Å². The predicted molar refractivity (Wildman–Crippen MR) is 61.0 cm³/mol. The second-order valence-corrected chi connectivity index (χ2v) is 4.22. The van der Waals surface area contributed by atoms with E-state index in [1.165, 1.54) is 6.42 Å². The Bertz CT molecular complexity index is 257. The summed E-state index contributed by atoms with van der Waals surface area (Å²) < 4.78 is 0. The van der Waals surface area contributed by atoms with E-state index in [-0.39, 0.29) is 6.03 Å². The van der Waals surface area contributed by atoms with E-state index < -0.39 is 6.03 Å². The molecule has 1 saturated heterocycles. The Labute approximate surface area is 95.5 Å². The Balaban J connectivity index is 2.16. The normalized spacial score (nSPS) is 20.3. The van der Waals surface area contributed by atoms with Crippen molar-refractivity contribution in [3.05, 3.63) is 0 Å². The molecule has 1 heterocycles. The van der Waals surface area contributed by atoms with Crippen molar-refractivity contribution in [3.63, 3.8) is 0 Å². The van der Waals surface area contributed by atoms with Gasteiger partial charge < -0.3 is 21.3 Å². The molecule has 0 bridgehead atoms. The van der Waals surface area contributed by atoms with Crippen molar-refractivity contribution in [2.75, 3.05) is 26.2 Å². The number of nitrogens with one attached hydrogen (secondary N) is 2. The van der Waals surface area contributed by atoms with Crippen LogP contribution in [0.1, 0.15) is 19.8 Å². The molecule has 0 aromatic rings. The second-order valence-electron chi connectivity index (χ2n) is 4.22. The fourth-order valence-corrected chi connectivity index (χ4v) is 1.84. The van der Waals surface area contributed by atoms with Gasteiger partial charge in [-0.25, -0.2) is 9.59 Å². The molecule has 1 aliphatic rings. The van der Waals surface area contributed by atoms with Gasteiger partial charge in [-0.2, -0.15) is 0 Å². The number of carbonyl (C=O) groups is 2. The van der Waals surface area contributed by atoms with Crippen LogP contribution in [-0.4, -0.2) is 43.1 Å². The lowest BCUT2D eigenvalue weighted by molar-refractivity contribution is 0.170. The van der Waals surface area contributed by atoms with Crippen LogP contribution in [-0.2, 0) is 0 Å². The molecule has 1 rings (SSSR count). The van der Waals surface area contributed by atoms with E-state index in [9.17, 15) is 9.59 Å². The Morgan fingerprint density at radius 3 is 2.69 bits per heavy atom. The van der Waals surface area contributed by atoms with Gasteiger partial charge in [0.25, 0.3) is 0 Å². The molecule has 1 aliphatic heterocycles. The molecule has 0 aromatic carbocycles. The minimum absolute atomic E-state index is 0.0576. The maximum absolute atomic E-state index is 11.7. The van der Waals surface area contributed by atoms with Crippen LogP contribution in [0.5, 0.6) is 0 Å². The van der Waals surface area contributed by atoms with E-state index in [1.807, 2.05) is 4.90 Å². The zero-order valence-corrected chi connectivity index (χ0v) is 9.66. The molecular formula is C10H20N4O2. The molecule has 16 heavy (non-hydrogen) atoms. The summed E-state index contributed by atoms with van der Waals surface area (Å²) >= 11 is 0. The average molecular weight is 228 g/mol. The van der Waals surface area contributed by atoms with E-state index in [2.05, 4.69) is 17.6 Å². The lowest BCUT2D eigenvalue weighted by Crippen LogP contribution is -2.47. The summed E-state index contributed by atoms with van der Waals surface area (Å²) in [7, 11) is 0. The smallest absolute Gasteiger partial charge is 0.317 e. The van der Waals surface area contributed by atoms with Gasteiger partial charge in [-0.3, -0.25) is 0 Å². The zero-order valence-electron chi connectivity index (χ0n) is 9.66. The number of rotatable bonds is 3. The van der Waals surface area contributed by atoms with Gasteiger partial charge in [0.05, 0.1) is 0 Å². The highest BCUT2D eigenvalue weighted by Gasteiger charge is 2.20. The van der Waals surface area contributed by atoms with Crippen molar-refractivity contribution in [2.24, 2.45) is 11.7 Å². The van der Waals surface area contributed by atoms with Gasteiger partial charge in [0.15, 0.2) is 0 Å². The minimum atomic E-state index is -0.569.